The summed E-state index contributed by atoms with van der Waals surface area (Å²) in [6.07, 6.45) is -4.77. The number of hydrogen-bond acceptors (Lipinski definition) is 7. The number of methoxy groups -OCH3 is 2. The van der Waals surface area contributed by atoms with Crippen LogP contribution in [0.25, 0.3) is 0 Å². The number of rotatable bonds is 7. The molecule has 0 fully saturated rings. The van der Waals surface area contributed by atoms with E-state index in [-0.39, 0.29) is 29.3 Å². The molecule has 1 unspecified atom stereocenters. The van der Waals surface area contributed by atoms with Gasteiger partial charge in [-0.3, -0.25) is 10.1 Å². The molecule has 0 spiro atoms. The van der Waals surface area contributed by atoms with Gasteiger partial charge in [-0.1, -0.05) is 23.7 Å². The normalized spacial score (nSPS) is 16.0. The SMILES string of the molecule is COc1cc2c(c(OC)c1)C(c1cccc(OC(F)(F)F)c1)N(S(=O)(=O)c1ccc(Cl)c([N+](=O)[O-])c1)CC2. The lowest BCUT2D eigenvalue weighted by atomic mass is 9.88. The van der Waals surface area contributed by atoms with Crippen LogP contribution in [0.1, 0.15) is 22.7 Å². The third-order valence-corrected chi connectivity index (χ3v) is 8.13. The first-order valence-corrected chi connectivity index (χ1v) is 12.7. The van der Waals surface area contributed by atoms with Gasteiger partial charge in [0.1, 0.15) is 22.3 Å². The van der Waals surface area contributed by atoms with Crippen LogP contribution in [0, 0.1) is 10.1 Å². The van der Waals surface area contributed by atoms with E-state index in [1.807, 2.05) is 0 Å². The quantitative estimate of drug-likeness (QED) is 0.272. The predicted octanol–water partition coefficient (Wildman–Crippen LogP) is 5.50. The maximum atomic E-state index is 13.9. The molecule has 3 aromatic rings. The van der Waals surface area contributed by atoms with E-state index in [2.05, 4.69) is 4.74 Å². The van der Waals surface area contributed by atoms with Crippen LogP contribution in [0.3, 0.4) is 0 Å². The molecule has 0 saturated carbocycles. The smallest absolute Gasteiger partial charge is 0.497 e. The van der Waals surface area contributed by atoms with Gasteiger partial charge in [0.25, 0.3) is 5.69 Å². The maximum absolute atomic E-state index is 13.9. The monoisotopic (exact) mass is 572 g/mol. The molecule has 4 rings (SSSR count). The van der Waals surface area contributed by atoms with Crippen LogP contribution < -0.4 is 14.2 Å². The Morgan fingerprint density at radius 3 is 2.42 bits per heavy atom. The number of ether oxygens (including phenoxy) is 3. The minimum absolute atomic E-state index is 0.100. The van der Waals surface area contributed by atoms with Crippen molar-refractivity contribution < 1.29 is 40.7 Å². The fourth-order valence-electron chi connectivity index (χ4n) is 4.37. The number of benzene rings is 3. The zero-order valence-corrected chi connectivity index (χ0v) is 21.4. The van der Waals surface area contributed by atoms with Gasteiger partial charge < -0.3 is 14.2 Å². The van der Waals surface area contributed by atoms with Crippen molar-refractivity contribution in [2.75, 3.05) is 20.8 Å². The van der Waals surface area contributed by atoms with E-state index in [0.717, 1.165) is 34.6 Å². The highest BCUT2D eigenvalue weighted by molar-refractivity contribution is 7.89. The molecule has 0 radical (unpaired) electrons. The minimum Gasteiger partial charge on any atom is -0.497 e. The summed E-state index contributed by atoms with van der Waals surface area (Å²) < 4.78 is 82.6. The summed E-state index contributed by atoms with van der Waals surface area (Å²) in [6.45, 7) is -0.100. The summed E-state index contributed by atoms with van der Waals surface area (Å²) in [5.74, 6) is 0.140. The number of nitro groups is 1. The summed E-state index contributed by atoms with van der Waals surface area (Å²) in [5.41, 5.74) is 0.588. The number of sulfonamides is 1. The van der Waals surface area contributed by atoms with Crippen LogP contribution in [0.5, 0.6) is 17.2 Å². The Balaban J connectivity index is 1.94. The van der Waals surface area contributed by atoms with Gasteiger partial charge in [0.2, 0.25) is 10.0 Å². The van der Waals surface area contributed by atoms with Gasteiger partial charge in [0.05, 0.1) is 30.1 Å². The van der Waals surface area contributed by atoms with Crippen molar-refractivity contribution >= 4 is 27.3 Å². The zero-order chi connectivity index (χ0) is 27.8. The van der Waals surface area contributed by atoms with Crippen molar-refractivity contribution in [3.8, 4) is 17.2 Å². The number of halogens is 4. The fourth-order valence-corrected chi connectivity index (χ4v) is 6.16. The number of fused-ring (bicyclic) bond motifs is 1. The summed E-state index contributed by atoms with van der Waals surface area (Å²) in [7, 11) is -1.63. The van der Waals surface area contributed by atoms with Crippen LogP contribution in [0.4, 0.5) is 18.9 Å². The van der Waals surface area contributed by atoms with Gasteiger partial charge in [-0.25, -0.2) is 8.42 Å². The number of nitro benzene ring substituents is 1. The van der Waals surface area contributed by atoms with Gasteiger partial charge in [-0.2, -0.15) is 4.31 Å². The average Bonchev–Trinajstić information content (AvgIpc) is 2.86. The highest BCUT2D eigenvalue weighted by atomic mass is 35.5. The summed E-state index contributed by atoms with van der Waals surface area (Å²) in [4.78, 5) is 10.2. The van der Waals surface area contributed by atoms with E-state index in [9.17, 15) is 31.7 Å². The number of nitrogens with zero attached hydrogens (tertiary/aromatic N) is 2. The highest BCUT2D eigenvalue weighted by Crippen LogP contribution is 2.46. The van der Waals surface area contributed by atoms with Gasteiger partial charge in [0, 0.05) is 24.2 Å². The van der Waals surface area contributed by atoms with E-state index in [0.29, 0.717) is 16.9 Å². The molecule has 14 heteroatoms. The van der Waals surface area contributed by atoms with Gasteiger partial charge >= 0.3 is 6.36 Å². The minimum atomic E-state index is -4.97. The van der Waals surface area contributed by atoms with E-state index in [1.54, 1.807) is 6.07 Å². The molecule has 0 N–H and O–H groups in total. The number of hydrogen-bond donors (Lipinski definition) is 0. The van der Waals surface area contributed by atoms with Gasteiger partial charge in [-0.05, 0) is 47.9 Å². The van der Waals surface area contributed by atoms with Crippen LogP contribution in [0.15, 0.2) is 59.5 Å². The Hall–Kier alpha value is -3.55. The summed E-state index contributed by atoms with van der Waals surface area (Å²) in [5, 5.41) is 11.2. The van der Waals surface area contributed by atoms with Crippen LogP contribution >= 0.6 is 11.6 Å². The van der Waals surface area contributed by atoms with Crippen molar-refractivity contribution in [1.29, 1.82) is 0 Å². The predicted molar refractivity (Wildman–Crippen MR) is 130 cm³/mol. The second-order valence-electron chi connectivity index (χ2n) is 8.16. The average molecular weight is 573 g/mol. The molecule has 1 aliphatic rings. The Kier molecular flexibility index (Phi) is 7.46. The van der Waals surface area contributed by atoms with Crippen molar-refractivity contribution in [2.24, 2.45) is 0 Å². The molecule has 202 valence electrons. The molecule has 1 heterocycles. The molecule has 0 bridgehead atoms. The van der Waals surface area contributed by atoms with Gasteiger partial charge in [0.15, 0.2) is 0 Å². The topological polar surface area (TPSA) is 108 Å². The summed E-state index contributed by atoms with van der Waals surface area (Å²) >= 11 is 5.87. The molecular weight excluding hydrogens is 553 g/mol. The van der Waals surface area contributed by atoms with E-state index < -0.39 is 43.7 Å². The Bertz CT molecular complexity index is 1480. The zero-order valence-electron chi connectivity index (χ0n) is 19.9. The first-order valence-electron chi connectivity index (χ1n) is 10.9. The highest BCUT2D eigenvalue weighted by Gasteiger charge is 2.41. The first-order chi connectivity index (χ1) is 17.9. The third-order valence-electron chi connectivity index (χ3n) is 5.95. The number of alkyl halides is 3. The van der Waals surface area contributed by atoms with Crippen molar-refractivity contribution in [1.82, 2.24) is 4.31 Å². The molecule has 3 aromatic carbocycles. The second-order valence-corrected chi connectivity index (χ2v) is 10.5. The molecule has 9 nitrogen and oxygen atoms in total. The first kappa shape index (κ1) is 27.5. The van der Waals surface area contributed by atoms with Crippen molar-refractivity contribution in [3.63, 3.8) is 0 Å². The molecule has 0 saturated heterocycles. The molecule has 0 aromatic heterocycles. The Labute approximate surface area is 220 Å². The van der Waals surface area contributed by atoms with E-state index >= 15 is 0 Å². The lowest BCUT2D eigenvalue weighted by Gasteiger charge is -2.37. The van der Waals surface area contributed by atoms with E-state index in [4.69, 9.17) is 21.1 Å². The lowest BCUT2D eigenvalue weighted by molar-refractivity contribution is -0.384. The summed E-state index contributed by atoms with van der Waals surface area (Å²) in [6, 6.07) is 10.1. The van der Waals surface area contributed by atoms with Gasteiger partial charge in [-0.15, -0.1) is 13.2 Å². The molecular formula is C24H20ClF3N2O7S. The molecule has 0 amide bonds. The molecule has 0 aliphatic carbocycles. The molecule has 1 atom stereocenters. The van der Waals surface area contributed by atoms with Crippen molar-refractivity contribution in [2.45, 2.75) is 23.7 Å². The maximum Gasteiger partial charge on any atom is 0.573 e. The third kappa shape index (κ3) is 5.35. The van der Waals surface area contributed by atoms with Crippen LogP contribution in [0.2, 0.25) is 5.02 Å². The Morgan fingerprint density at radius 1 is 1.05 bits per heavy atom. The van der Waals surface area contributed by atoms with Crippen molar-refractivity contribution in [3.05, 3.63) is 86.4 Å². The largest absolute Gasteiger partial charge is 0.573 e. The van der Waals surface area contributed by atoms with Crippen LogP contribution in [-0.4, -0.2) is 44.8 Å². The van der Waals surface area contributed by atoms with Crippen LogP contribution in [-0.2, 0) is 16.4 Å². The lowest BCUT2D eigenvalue weighted by Crippen LogP contribution is -2.40. The standard InChI is InChI=1S/C24H20ClF3N2O7S/c1-35-17-10-14-8-9-29(38(33,34)18-6-7-19(25)20(13-18)30(31)32)23(22(14)21(12-17)36-2)15-4-3-5-16(11-15)37-24(26,27)28/h3-7,10-13,23H,8-9H2,1-2H3. The molecule has 38 heavy (non-hydrogen) atoms. The second kappa shape index (κ2) is 10.3. The van der Waals surface area contributed by atoms with E-state index in [1.165, 1.54) is 32.4 Å². The Morgan fingerprint density at radius 2 is 1.79 bits per heavy atom. The molecule has 1 aliphatic heterocycles. The fraction of sp³-hybridized carbons (Fsp3) is 0.250.